The van der Waals surface area contributed by atoms with Gasteiger partial charge in [-0.3, -0.25) is 4.79 Å². The molecule has 0 bridgehead atoms. The molecule has 0 heterocycles. The van der Waals surface area contributed by atoms with Gasteiger partial charge >= 0.3 is 0 Å². The molecule has 1 amide bonds. The first kappa shape index (κ1) is 13.6. The van der Waals surface area contributed by atoms with Gasteiger partial charge in [0.15, 0.2) is 0 Å². The molecular weight excluding hydrogens is 258 g/mol. The van der Waals surface area contributed by atoms with Gasteiger partial charge in [-0.05, 0) is 41.7 Å². The summed E-state index contributed by atoms with van der Waals surface area (Å²) >= 11 is 5.88. The van der Waals surface area contributed by atoms with Crippen molar-refractivity contribution in [1.82, 2.24) is 0 Å². The van der Waals surface area contributed by atoms with Gasteiger partial charge in [-0.1, -0.05) is 48.9 Å². The minimum Gasteiger partial charge on any atom is -0.366 e. The summed E-state index contributed by atoms with van der Waals surface area (Å²) in [5.41, 5.74) is 8.17. The van der Waals surface area contributed by atoms with E-state index in [1.807, 2.05) is 42.5 Å². The van der Waals surface area contributed by atoms with Gasteiger partial charge in [-0.2, -0.15) is 0 Å². The summed E-state index contributed by atoms with van der Waals surface area (Å²) in [5.74, 6) is -0.0725. The van der Waals surface area contributed by atoms with Gasteiger partial charge in [0, 0.05) is 10.6 Å². The first-order valence-electron chi connectivity index (χ1n) is 6.21. The van der Waals surface area contributed by atoms with Crippen LogP contribution >= 0.6 is 11.6 Å². The van der Waals surface area contributed by atoms with E-state index in [-0.39, 0.29) is 5.91 Å². The molecule has 0 saturated carbocycles. The molecule has 2 aromatic rings. The molecule has 0 aliphatic heterocycles. The standard InChI is InChI=1S/C16H16ClNO/c1-11(12-6-8-14(17)9-7-12)10-13-4-2-3-5-15(13)16(18)19/h2-9,11H,10H2,1H3,(H2,18,19). The van der Waals surface area contributed by atoms with Crippen LogP contribution in [0.1, 0.15) is 34.3 Å². The van der Waals surface area contributed by atoms with Crippen LogP contribution in [0.3, 0.4) is 0 Å². The lowest BCUT2D eigenvalue weighted by Gasteiger charge is -2.14. The van der Waals surface area contributed by atoms with Crippen molar-refractivity contribution in [3.8, 4) is 0 Å². The summed E-state index contributed by atoms with van der Waals surface area (Å²) in [6.45, 7) is 2.13. The number of hydrogen-bond acceptors (Lipinski definition) is 1. The molecule has 0 fully saturated rings. The topological polar surface area (TPSA) is 43.1 Å². The summed E-state index contributed by atoms with van der Waals surface area (Å²) in [6.07, 6.45) is 0.779. The van der Waals surface area contributed by atoms with Gasteiger partial charge in [-0.25, -0.2) is 0 Å². The fraction of sp³-hybridized carbons (Fsp3) is 0.188. The van der Waals surface area contributed by atoms with E-state index >= 15 is 0 Å². The Hall–Kier alpha value is -1.80. The molecule has 2 aromatic carbocycles. The first-order valence-corrected chi connectivity index (χ1v) is 6.59. The summed E-state index contributed by atoms with van der Waals surface area (Å²) < 4.78 is 0. The Morgan fingerprint density at radius 3 is 2.42 bits per heavy atom. The summed E-state index contributed by atoms with van der Waals surface area (Å²) in [6, 6.07) is 15.3. The van der Waals surface area contributed by atoms with Crippen LogP contribution in [-0.4, -0.2) is 5.91 Å². The molecule has 0 aromatic heterocycles. The number of rotatable bonds is 4. The van der Waals surface area contributed by atoms with E-state index in [0.29, 0.717) is 11.5 Å². The van der Waals surface area contributed by atoms with E-state index in [2.05, 4.69) is 6.92 Å². The summed E-state index contributed by atoms with van der Waals surface area (Å²) in [7, 11) is 0. The zero-order valence-electron chi connectivity index (χ0n) is 10.8. The molecule has 0 spiro atoms. The third-order valence-corrected chi connectivity index (χ3v) is 3.50. The minimum atomic E-state index is -0.376. The predicted octanol–water partition coefficient (Wildman–Crippen LogP) is 3.79. The monoisotopic (exact) mass is 273 g/mol. The SMILES string of the molecule is CC(Cc1ccccc1C(N)=O)c1ccc(Cl)cc1. The molecule has 1 unspecified atom stereocenters. The Morgan fingerprint density at radius 2 is 1.79 bits per heavy atom. The second-order valence-corrected chi connectivity index (χ2v) is 5.11. The molecule has 98 valence electrons. The fourth-order valence-corrected chi connectivity index (χ4v) is 2.30. The zero-order valence-corrected chi connectivity index (χ0v) is 11.5. The summed E-state index contributed by atoms with van der Waals surface area (Å²) in [4.78, 5) is 11.4. The molecule has 1 atom stereocenters. The number of carbonyl (C=O) groups excluding carboxylic acids is 1. The molecule has 2 N–H and O–H groups in total. The quantitative estimate of drug-likeness (QED) is 0.905. The Morgan fingerprint density at radius 1 is 1.16 bits per heavy atom. The van der Waals surface area contributed by atoms with Crippen LogP contribution < -0.4 is 5.73 Å². The van der Waals surface area contributed by atoms with Gasteiger partial charge in [-0.15, -0.1) is 0 Å². The van der Waals surface area contributed by atoms with E-state index in [9.17, 15) is 4.79 Å². The Bertz CT molecular complexity index is 578. The van der Waals surface area contributed by atoms with Crippen LogP contribution in [0.4, 0.5) is 0 Å². The van der Waals surface area contributed by atoms with Crippen LogP contribution in [0.2, 0.25) is 5.02 Å². The number of benzene rings is 2. The van der Waals surface area contributed by atoms with Gasteiger partial charge in [0.1, 0.15) is 0 Å². The van der Waals surface area contributed by atoms with Gasteiger partial charge in [0.05, 0.1) is 0 Å². The van der Waals surface area contributed by atoms with Gasteiger partial charge in [0.25, 0.3) is 0 Å². The molecule has 2 rings (SSSR count). The number of primary amides is 1. The van der Waals surface area contributed by atoms with Crippen molar-refractivity contribution < 1.29 is 4.79 Å². The van der Waals surface area contributed by atoms with Crippen LogP contribution in [0.15, 0.2) is 48.5 Å². The smallest absolute Gasteiger partial charge is 0.248 e. The van der Waals surface area contributed by atoms with E-state index < -0.39 is 0 Å². The van der Waals surface area contributed by atoms with Crippen molar-refractivity contribution in [3.05, 3.63) is 70.2 Å². The molecule has 0 saturated heterocycles. The second-order valence-electron chi connectivity index (χ2n) is 4.68. The highest BCUT2D eigenvalue weighted by Gasteiger charge is 2.12. The van der Waals surface area contributed by atoms with Crippen molar-refractivity contribution in [2.75, 3.05) is 0 Å². The number of halogens is 1. The number of nitrogens with two attached hydrogens (primary N) is 1. The van der Waals surface area contributed by atoms with E-state index in [0.717, 1.165) is 17.0 Å². The zero-order chi connectivity index (χ0) is 13.8. The molecule has 0 aliphatic rings. The highest BCUT2D eigenvalue weighted by molar-refractivity contribution is 6.30. The lowest BCUT2D eigenvalue weighted by atomic mass is 9.91. The Kier molecular flexibility index (Phi) is 4.23. The largest absolute Gasteiger partial charge is 0.366 e. The van der Waals surface area contributed by atoms with Crippen LogP contribution in [0.5, 0.6) is 0 Å². The second kappa shape index (κ2) is 5.89. The van der Waals surface area contributed by atoms with E-state index in [1.165, 1.54) is 5.56 Å². The number of hydrogen-bond donors (Lipinski definition) is 1. The third kappa shape index (κ3) is 3.36. The highest BCUT2D eigenvalue weighted by Crippen LogP contribution is 2.23. The summed E-state index contributed by atoms with van der Waals surface area (Å²) in [5, 5.41) is 0.730. The average Bonchev–Trinajstić information content (AvgIpc) is 2.39. The Balaban J connectivity index is 2.21. The maximum absolute atomic E-state index is 11.4. The van der Waals surface area contributed by atoms with E-state index in [4.69, 9.17) is 17.3 Å². The van der Waals surface area contributed by atoms with Gasteiger partial charge in [0.2, 0.25) is 5.91 Å². The molecular formula is C16H16ClNO. The van der Waals surface area contributed by atoms with Crippen molar-refractivity contribution in [2.45, 2.75) is 19.3 Å². The predicted molar refractivity (Wildman–Crippen MR) is 78.5 cm³/mol. The first-order chi connectivity index (χ1) is 9.08. The lowest BCUT2D eigenvalue weighted by Crippen LogP contribution is -2.14. The molecule has 19 heavy (non-hydrogen) atoms. The maximum atomic E-state index is 11.4. The number of carbonyl (C=O) groups is 1. The minimum absolute atomic E-state index is 0.303. The normalized spacial score (nSPS) is 12.1. The van der Waals surface area contributed by atoms with Crippen molar-refractivity contribution in [1.29, 1.82) is 0 Å². The average molecular weight is 274 g/mol. The van der Waals surface area contributed by atoms with Gasteiger partial charge < -0.3 is 5.73 Å². The fourth-order valence-electron chi connectivity index (χ4n) is 2.18. The molecule has 3 heteroatoms. The van der Waals surface area contributed by atoms with Crippen molar-refractivity contribution in [3.63, 3.8) is 0 Å². The van der Waals surface area contributed by atoms with Crippen LogP contribution in [-0.2, 0) is 6.42 Å². The molecule has 0 radical (unpaired) electrons. The van der Waals surface area contributed by atoms with Crippen LogP contribution in [0, 0.1) is 0 Å². The van der Waals surface area contributed by atoms with Crippen LogP contribution in [0.25, 0.3) is 0 Å². The molecule has 0 aliphatic carbocycles. The maximum Gasteiger partial charge on any atom is 0.248 e. The highest BCUT2D eigenvalue weighted by atomic mass is 35.5. The number of amides is 1. The van der Waals surface area contributed by atoms with Crippen molar-refractivity contribution in [2.24, 2.45) is 5.73 Å². The Labute approximate surface area is 118 Å². The molecule has 2 nitrogen and oxygen atoms in total. The van der Waals surface area contributed by atoms with Crippen molar-refractivity contribution >= 4 is 17.5 Å². The van der Waals surface area contributed by atoms with E-state index in [1.54, 1.807) is 6.07 Å². The third-order valence-electron chi connectivity index (χ3n) is 3.25. The lowest BCUT2D eigenvalue weighted by molar-refractivity contribution is 0.0999.